The summed E-state index contributed by atoms with van der Waals surface area (Å²) in [6.07, 6.45) is 1.66. The molecule has 2 aromatic carbocycles. The molecular weight excluding hydrogens is 388 g/mol. The summed E-state index contributed by atoms with van der Waals surface area (Å²) in [4.78, 5) is 14.7. The fraction of sp³-hybridized carbons (Fsp3) is 0.318. The van der Waals surface area contributed by atoms with E-state index in [1.54, 1.807) is 38.9 Å². The molecule has 7 heteroatoms. The average Bonchev–Trinajstić information content (AvgIpc) is 2.66. The second-order valence-corrected chi connectivity index (χ2v) is 9.38. The highest BCUT2D eigenvalue weighted by atomic mass is 32.2. The van der Waals surface area contributed by atoms with Gasteiger partial charge in [0.2, 0.25) is 10.0 Å². The van der Waals surface area contributed by atoms with Gasteiger partial charge in [0.05, 0.1) is 12.0 Å². The Hall–Kier alpha value is -2.64. The molecule has 0 saturated heterocycles. The molecule has 0 radical (unpaired) electrons. The molecule has 0 unspecified atom stereocenters. The number of amides is 1. The summed E-state index contributed by atoms with van der Waals surface area (Å²) in [5.74, 6) is 0.546. The number of rotatable bonds is 8. The molecule has 0 spiro atoms. The van der Waals surface area contributed by atoms with Gasteiger partial charge in [-0.2, -0.15) is 0 Å². The summed E-state index contributed by atoms with van der Waals surface area (Å²) in [5.41, 5.74) is 0.775. The average molecular weight is 417 g/mol. The molecule has 1 amide bonds. The molecule has 0 heterocycles. The van der Waals surface area contributed by atoms with E-state index < -0.39 is 15.6 Å². The van der Waals surface area contributed by atoms with Gasteiger partial charge in [-0.15, -0.1) is 6.58 Å². The Kier molecular flexibility index (Phi) is 7.21. The van der Waals surface area contributed by atoms with Crippen molar-refractivity contribution in [2.45, 2.75) is 37.8 Å². The minimum Gasteiger partial charge on any atom is -0.497 e. The molecule has 0 fully saturated rings. The second-order valence-electron chi connectivity index (χ2n) is 7.70. The molecule has 6 nitrogen and oxygen atoms in total. The van der Waals surface area contributed by atoms with Crippen molar-refractivity contribution < 1.29 is 17.9 Å². The van der Waals surface area contributed by atoms with Crippen LogP contribution >= 0.6 is 0 Å². The second kappa shape index (κ2) is 9.24. The summed E-state index contributed by atoms with van der Waals surface area (Å²) >= 11 is 0. The largest absolute Gasteiger partial charge is 0.497 e. The van der Waals surface area contributed by atoms with Crippen molar-refractivity contribution >= 4 is 15.9 Å². The Balaban J connectivity index is 2.20. The number of hydrogen-bond acceptors (Lipinski definition) is 4. The van der Waals surface area contributed by atoms with Gasteiger partial charge >= 0.3 is 0 Å². The quantitative estimate of drug-likeness (QED) is 0.667. The van der Waals surface area contributed by atoms with Crippen LogP contribution in [0.1, 0.15) is 36.7 Å². The Morgan fingerprint density at radius 1 is 1.10 bits per heavy atom. The zero-order chi connectivity index (χ0) is 21.7. The topological polar surface area (TPSA) is 75.7 Å². The van der Waals surface area contributed by atoms with Gasteiger partial charge in [-0.3, -0.25) is 4.79 Å². The maximum Gasteiger partial charge on any atom is 0.254 e. The molecule has 0 aromatic heterocycles. The van der Waals surface area contributed by atoms with Crippen LogP contribution in [0, 0.1) is 0 Å². The van der Waals surface area contributed by atoms with Crippen LogP contribution in [0.4, 0.5) is 0 Å². The predicted octanol–water partition coefficient (Wildman–Crippen LogP) is 3.60. The summed E-state index contributed by atoms with van der Waals surface area (Å²) < 4.78 is 32.6. The van der Waals surface area contributed by atoms with Crippen molar-refractivity contribution in [3.05, 3.63) is 72.3 Å². The molecule has 0 atom stereocenters. The Morgan fingerprint density at radius 2 is 1.69 bits per heavy atom. The standard InChI is InChI=1S/C22H28N2O4S/c1-6-15-24(16-17-7-11-19(28-5)12-8-17)21(25)18-9-13-20(14-10-18)29(26,27)23-22(2,3)4/h6-14,23H,1,15-16H2,2-5H3. The van der Waals surface area contributed by atoms with Gasteiger partial charge in [-0.1, -0.05) is 18.2 Å². The van der Waals surface area contributed by atoms with Gasteiger partial charge in [0.25, 0.3) is 5.91 Å². The van der Waals surface area contributed by atoms with Crippen LogP contribution in [-0.2, 0) is 16.6 Å². The number of benzene rings is 2. The fourth-order valence-electron chi connectivity index (χ4n) is 2.75. The van der Waals surface area contributed by atoms with Gasteiger partial charge in [0, 0.05) is 24.2 Å². The number of methoxy groups -OCH3 is 1. The number of carbonyl (C=O) groups is 1. The van der Waals surface area contributed by atoms with Crippen molar-refractivity contribution in [1.29, 1.82) is 0 Å². The van der Waals surface area contributed by atoms with Gasteiger partial charge in [0.1, 0.15) is 5.75 Å². The zero-order valence-corrected chi connectivity index (χ0v) is 18.1. The van der Waals surface area contributed by atoms with E-state index in [1.165, 1.54) is 24.3 Å². The number of nitrogens with one attached hydrogen (secondary N) is 1. The van der Waals surface area contributed by atoms with Crippen molar-refractivity contribution in [2.75, 3.05) is 13.7 Å². The van der Waals surface area contributed by atoms with E-state index in [1.807, 2.05) is 24.3 Å². The lowest BCUT2D eigenvalue weighted by Gasteiger charge is -2.22. The van der Waals surface area contributed by atoms with Crippen LogP contribution in [0.25, 0.3) is 0 Å². The lowest BCUT2D eigenvalue weighted by Crippen LogP contribution is -2.40. The molecule has 0 aliphatic heterocycles. The highest BCUT2D eigenvalue weighted by molar-refractivity contribution is 7.89. The number of ether oxygens (including phenoxy) is 1. The number of hydrogen-bond donors (Lipinski definition) is 1. The normalized spacial score (nSPS) is 11.7. The summed E-state index contributed by atoms with van der Waals surface area (Å²) in [6, 6.07) is 13.4. The maximum atomic E-state index is 12.9. The predicted molar refractivity (Wildman–Crippen MR) is 114 cm³/mol. The molecule has 0 aliphatic carbocycles. The molecule has 0 bridgehead atoms. The van der Waals surface area contributed by atoms with Crippen LogP contribution in [0.2, 0.25) is 0 Å². The maximum absolute atomic E-state index is 12.9. The fourth-order valence-corrected chi connectivity index (χ4v) is 4.17. The van der Waals surface area contributed by atoms with E-state index in [2.05, 4.69) is 11.3 Å². The van der Waals surface area contributed by atoms with Crippen molar-refractivity contribution in [2.24, 2.45) is 0 Å². The van der Waals surface area contributed by atoms with Crippen LogP contribution in [0.5, 0.6) is 5.75 Å². The first-order chi connectivity index (χ1) is 13.6. The van der Waals surface area contributed by atoms with E-state index in [-0.39, 0.29) is 10.8 Å². The summed E-state index contributed by atoms with van der Waals surface area (Å²) in [5, 5.41) is 0. The first kappa shape index (κ1) is 22.6. The molecular formula is C22H28N2O4S. The summed E-state index contributed by atoms with van der Waals surface area (Å²) in [7, 11) is -2.05. The Morgan fingerprint density at radius 3 is 2.17 bits per heavy atom. The van der Waals surface area contributed by atoms with Crippen LogP contribution in [-0.4, -0.2) is 38.4 Å². The minimum atomic E-state index is -3.65. The lowest BCUT2D eigenvalue weighted by molar-refractivity contribution is 0.0762. The van der Waals surface area contributed by atoms with Gasteiger partial charge in [-0.25, -0.2) is 13.1 Å². The summed E-state index contributed by atoms with van der Waals surface area (Å²) in [6.45, 7) is 9.82. The smallest absolute Gasteiger partial charge is 0.254 e. The first-order valence-corrected chi connectivity index (χ1v) is 10.7. The molecule has 156 valence electrons. The van der Waals surface area contributed by atoms with E-state index in [4.69, 9.17) is 4.74 Å². The lowest BCUT2D eigenvalue weighted by atomic mass is 10.1. The van der Waals surface area contributed by atoms with Crippen molar-refractivity contribution in [3.63, 3.8) is 0 Å². The highest BCUT2D eigenvalue weighted by Crippen LogP contribution is 2.17. The molecule has 0 saturated carbocycles. The minimum absolute atomic E-state index is 0.120. The van der Waals surface area contributed by atoms with Crippen LogP contribution in [0.15, 0.2) is 66.1 Å². The van der Waals surface area contributed by atoms with Gasteiger partial charge in [0.15, 0.2) is 0 Å². The van der Waals surface area contributed by atoms with E-state index in [0.29, 0.717) is 18.7 Å². The van der Waals surface area contributed by atoms with Crippen molar-refractivity contribution in [3.8, 4) is 5.75 Å². The molecule has 2 rings (SSSR count). The van der Waals surface area contributed by atoms with E-state index in [0.717, 1.165) is 11.3 Å². The number of carbonyl (C=O) groups excluding carboxylic acids is 1. The molecule has 0 aliphatic rings. The highest BCUT2D eigenvalue weighted by Gasteiger charge is 2.23. The number of sulfonamides is 1. The van der Waals surface area contributed by atoms with E-state index in [9.17, 15) is 13.2 Å². The van der Waals surface area contributed by atoms with E-state index >= 15 is 0 Å². The van der Waals surface area contributed by atoms with Gasteiger partial charge < -0.3 is 9.64 Å². The first-order valence-electron chi connectivity index (χ1n) is 9.23. The number of nitrogens with zero attached hydrogens (tertiary/aromatic N) is 1. The third-order valence-corrected chi connectivity index (χ3v) is 5.80. The monoisotopic (exact) mass is 416 g/mol. The van der Waals surface area contributed by atoms with Crippen molar-refractivity contribution in [1.82, 2.24) is 9.62 Å². The Bertz CT molecular complexity index is 944. The third kappa shape index (κ3) is 6.44. The zero-order valence-electron chi connectivity index (χ0n) is 17.3. The third-order valence-electron chi connectivity index (χ3n) is 4.02. The van der Waals surface area contributed by atoms with Crippen LogP contribution < -0.4 is 9.46 Å². The Labute approximate surface area is 173 Å². The van der Waals surface area contributed by atoms with Gasteiger partial charge in [-0.05, 0) is 62.7 Å². The molecule has 1 N–H and O–H groups in total. The SMILES string of the molecule is C=CCN(Cc1ccc(OC)cc1)C(=O)c1ccc(S(=O)(=O)NC(C)(C)C)cc1. The molecule has 29 heavy (non-hydrogen) atoms. The molecule has 2 aromatic rings. The van der Waals surface area contributed by atoms with Crippen LogP contribution in [0.3, 0.4) is 0 Å².